The summed E-state index contributed by atoms with van der Waals surface area (Å²) in [6, 6.07) is 4.03. The molecule has 4 nitrogen and oxygen atoms in total. The van der Waals surface area contributed by atoms with E-state index in [1.807, 2.05) is 0 Å². The second kappa shape index (κ2) is 5.12. The van der Waals surface area contributed by atoms with Gasteiger partial charge < -0.3 is 5.11 Å². The smallest absolute Gasteiger partial charge is 0.240 e. The lowest BCUT2D eigenvalue weighted by atomic mass is 10.1. The third-order valence-electron chi connectivity index (χ3n) is 1.84. The second-order valence-corrected chi connectivity index (χ2v) is 6.88. The summed E-state index contributed by atoms with van der Waals surface area (Å²) >= 11 is 11.4. The summed E-state index contributed by atoms with van der Waals surface area (Å²) in [7, 11) is -3.72. The third kappa shape index (κ3) is 4.81. The predicted octanol–water partition coefficient (Wildman–Crippen LogP) is 2.04. The average Bonchev–Trinajstić information content (AvgIpc) is 2.12. The summed E-state index contributed by atoms with van der Waals surface area (Å²) in [4.78, 5) is -0.0285. The number of sulfonamides is 1. The van der Waals surface area contributed by atoms with E-state index in [1.165, 1.54) is 32.0 Å². The molecule has 0 aliphatic carbocycles. The first-order valence-electron chi connectivity index (χ1n) is 4.78. The first-order chi connectivity index (χ1) is 7.60. The van der Waals surface area contributed by atoms with Crippen LogP contribution >= 0.6 is 23.2 Å². The van der Waals surface area contributed by atoms with Crippen LogP contribution < -0.4 is 4.72 Å². The van der Waals surface area contributed by atoms with Crippen molar-refractivity contribution in [3.63, 3.8) is 0 Å². The highest BCUT2D eigenvalue weighted by Gasteiger charge is 2.20. The van der Waals surface area contributed by atoms with E-state index in [2.05, 4.69) is 4.72 Å². The van der Waals surface area contributed by atoms with Gasteiger partial charge in [-0.1, -0.05) is 23.2 Å². The van der Waals surface area contributed by atoms with Crippen molar-refractivity contribution in [3.8, 4) is 0 Å². The molecule has 0 saturated heterocycles. The number of nitrogens with one attached hydrogen (secondary N) is 1. The molecule has 0 aromatic heterocycles. The number of benzene rings is 1. The standard InChI is InChI=1S/C10H13Cl2NO3S/c1-10(2,14)6-13-17(15,16)9-4-7(11)3-8(12)5-9/h3-5,13-14H,6H2,1-2H3. The maximum absolute atomic E-state index is 11.8. The molecule has 7 heteroatoms. The first-order valence-corrected chi connectivity index (χ1v) is 7.02. The van der Waals surface area contributed by atoms with Crippen molar-refractivity contribution in [2.24, 2.45) is 0 Å². The van der Waals surface area contributed by atoms with Crippen molar-refractivity contribution in [2.75, 3.05) is 6.54 Å². The number of halogens is 2. The maximum atomic E-state index is 11.8. The van der Waals surface area contributed by atoms with Crippen LogP contribution in [0.25, 0.3) is 0 Å². The molecule has 0 unspecified atom stereocenters. The normalized spacial score (nSPS) is 12.8. The van der Waals surface area contributed by atoms with Gasteiger partial charge >= 0.3 is 0 Å². The Morgan fingerprint density at radius 1 is 1.24 bits per heavy atom. The van der Waals surface area contributed by atoms with E-state index in [0.717, 1.165) is 0 Å². The van der Waals surface area contributed by atoms with Gasteiger partial charge in [-0.05, 0) is 32.0 Å². The van der Waals surface area contributed by atoms with Gasteiger partial charge in [0.2, 0.25) is 10.0 Å². The van der Waals surface area contributed by atoms with E-state index in [1.54, 1.807) is 0 Å². The van der Waals surface area contributed by atoms with E-state index in [0.29, 0.717) is 0 Å². The summed E-state index contributed by atoms with van der Waals surface area (Å²) in [5.41, 5.74) is -1.13. The molecule has 1 rings (SSSR count). The topological polar surface area (TPSA) is 66.4 Å². The molecular formula is C10H13Cl2NO3S. The van der Waals surface area contributed by atoms with Gasteiger partial charge in [0.15, 0.2) is 0 Å². The molecule has 1 aromatic rings. The molecule has 0 heterocycles. The third-order valence-corrected chi connectivity index (χ3v) is 3.66. The summed E-state index contributed by atoms with van der Waals surface area (Å²) in [5.74, 6) is 0. The number of hydrogen-bond acceptors (Lipinski definition) is 3. The van der Waals surface area contributed by atoms with Crippen molar-refractivity contribution in [2.45, 2.75) is 24.3 Å². The number of hydrogen-bond donors (Lipinski definition) is 2. The van der Waals surface area contributed by atoms with Gasteiger partial charge in [-0.3, -0.25) is 0 Å². The van der Waals surface area contributed by atoms with E-state index in [-0.39, 0.29) is 21.5 Å². The van der Waals surface area contributed by atoms with E-state index >= 15 is 0 Å². The molecule has 0 aliphatic heterocycles. The van der Waals surface area contributed by atoms with Crippen LogP contribution in [0.3, 0.4) is 0 Å². The Morgan fingerprint density at radius 3 is 2.12 bits per heavy atom. The van der Waals surface area contributed by atoms with Gasteiger partial charge in [-0.2, -0.15) is 0 Å². The molecule has 0 atom stereocenters. The van der Waals surface area contributed by atoms with Gasteiger partial charge in [0.05, 0.1) is 10.5 Å². The monoisotopic (exact) mass is 297 g/mol. The lowest BCUT2D eigenvalue weighted by Crippen LogP contribution is -2.38. The highest BCUT2D eigenvalue weighted by atomic mass is 35.5. The number of rotatable bonds is 4. The fraction of sp³-hybridized carbons (Fsp3) is 0.400. The van der Waals surface area contributed by atoms with E-state index in [4.69, 9.17) is 23.2 Å². The van der Waals surface area contributed by atoms with Gasteiger partial charge in [0.1, 0.15) is 0 Å². The molecule has 0 aliphatic rings. The minimum atomic E-state index is -3.72. The predicted molar refractivity (Wildman–Crippen MR) is 67.9 cm³/mol. The molecule has 0 radical (unpaired) electrons. The van der Waals surface area contributed by atoms with E-state index in [9.17, 15) is 13.5 Å². The maximum Gasteiger partial charge on any atom is 0.240 e. The molecule has 0 amide bonds. The molecule has 96 valence electrons. The average molecular weight is 298 g/mol. The quantitative estimate of drug-likeness (QED) is 0.894. The first kappa shape index (κ1) is 14.7. The zero-order valence-corrected chi connectivity index (χ0v) is 11.7. The lowest BCUT2D eigenvalue weighted by molar-refractivity contribution is 0.0857. The van der Waals surface area contributed by atoms with Crippen LogP contribution in [0.2, 0.25) is 10.0 Å². The van der Waals surface area contributed by atoms with Crippen LogP contribution in [-0.2, 0) is 10.0 Å². The Hall–Kier alpha value is -0.330. The van der Waals surface area contributed by atoms with Crippen LogP contribution in [0.4, 0.5) is 0 Å². The van der Waals surface area contributed by atoms with Crippen molar-refractivity contribution < 1.29 is 13.5 Å². The largest absolute Gasteiger partial charge is 0.389 e. The number of aliphatic hydroxyl groups is 1. The van der Waals surface area contributed by atoms with Gasteiger partial charge in [0.25, 0.3) is 0 Å². The molecule has 0 saturated carbocycles. The Balaban J connectivity index is 2.98. The zero-order chi connectivity index (χ0) is 13.3. The van der Waals surface area contributed by atoms with Gasteiger partial charge in [-0.15, -0.1) is 0 Å². The summed E-state index contributed by atoms with van der Waals surface area (Å²) < 4.78 is 26.0. The Labute approximate surface area is 111 Å². The molecule has 0 bridgehead atoms. The van der Waals surface area contributed by atoms with Crippen LogP contribution in [0, 0.1) is 0 Å². The second-order valence-electron chi connectivity index (χ2n) is 4.24. The highest BCUT2D eigenvalue weighted by molar-refractivity contribution is 7.89. The minimum Gasteiger partial charge on any atom is -0.389 e. The van der Waals surface area contributed by atoms with Crippen molar-refractivity contribution in [1.82, 2.24) is 4.72 Å². The van der Waals surface area contributed by atoms with E-state index < -0.39 is 15.6 Å². The Bertz CT molecular complexity index is 489. The van der Waals surface area contributed by atoms with Crippen LogP contribution in [0.5, 0.6) is 0 Å². The summed E-state index contributed by atoms with van der Waals surface area (Å²) in [6.45, 7) is 2.90. The van der Waals surface area contributed by atoms with Crippen molar-refractivity contribution >= 4 is 33.2 Å². The zero-order valence-electron chi connectivity index (χ0n) is 9.37. The Morgan fingerprint density at radius 2 is 1.71 bits per heavy atom. The Kier molecular flexibility index (Phi) is 4.43. The minimum absolute atomic E-state index is 0.0285. The highest BCUT2D eigenvalue weighted by Crippen LogP contribution is 2.22. The van der Waals surface area contributed by atoms with Crippen molar-refractivity contribution in [1.29, 1.82) is 0 Å². The molecule has 0 spiro atoms. The van der Waals surface area contributed by atoms with Crippen LogP contribution in [0.15, 0.2) is 23.1 Å². The van der Waals surface area contributed by atoms with Crippen LogP contribution in [-0.4, -0.2) is 25.7 Å². The SMILES string of the molecule is CC(C)(O)CNS(=O)(=O)c1cc(Cl)cc(Cl)c1. The molecule has 2 N–H and O–H groups in total. The molecule has 17 heavy (non-hydrogen) atoms. The lowest BCUT2D eigenvalue weighted by Gasteiger charge is -2.17. The summed E-state index contributed by atoms with van der Waals surface area (Å²) in [5, 5.41) is 9.93. The van der Waals surface area contributed by atoms with Gasteiger partial charge in [-0.25, -0.2) is 13.1 Å². The van der Waals surface area contributed by atoms with Gasteiger partial charge in [0, 0.05) is 16.6 Å². The van der Waals surface area contributed by atoms with Crippen LogP contribution in [0.1, 0.15) is 13.8 Å². The molecular weight excluding hydrogens is 285 g/mol. The summed E-state index contributed by atoms with van der Waals surface area (Å²) in [6.07, 6.45) is 0. The molecule has 1 aromatic carbocycles. The molecule has 0 fully saturated rings. The fourth-order valence-electron chi connectivity index (χ4n) is 1.04. The fourth-order valence-corrected chi connectivity index (χ4v) is 2.97. The van der Waals surface area contributed by atoms with Crippen molar-refractivity contribution in [3.05, 3.63) is 28.2 Å².